The molecule has 1 aromatic heterocycles. The van der Waals surface area contributed by atoms with Crippen molar-refractivity contribution >= 4 is 11.9 Å². The molecule has 3 aliphatic rings. The first-order valence-electron chi connectivity index (χ1n) is 9.77. The number of piperidine rings is 1. The van der Waals surface area contributed by atoms with Gasteiger partial charge in [0.15, 0.2) is 0 Å². The van der Waals surface area contributed by atoms with E-state index in [9.17, 15) is 9.18 Å². The minimum atomic E-state index is -0.263. The van der Waals surface area contributed by atoms with Crippen LogP contribution in [0, 0.1) is 25.7 Å². The average Bonchev–Trinajstić information content (AvgIpc) is 3.37. The molecule has 1 aliphatic carbocycles. The monoisotopic (exact) mass is 370 g/mol. The molecule has 2 bridgehead atoms. The van der Waals surface area contributed by atoms with Crippen LogP contribution in [-0.2, 0) is 4.79 Å². The average molecular weight is 370 g/mol. The number of amides is 1. The Kier molecular flexibility index (Phi) is 4.52. The number of fused-ring (bicyclic) bond motifs is 2. The van der Waals surface area contributed by atoms with Gasteiger partial charge in [0.25, 0.3) is 5.91 Å². The predicted molar refractivity (Wildman–Crippen MR) is 103 cm³/mol. The number of aryl methyl sites for hydroxylation is 2. The van der Waals surface area contributed by atoms with Crippen LogP contribution in [0.25, 0.3) is 0 Å². The predicted octanol–water partition coefficient (Wildman–Crippen LogP) is 3.34. The fourth-order valence-electron chi connectivity index (χ4n) is 4.62. The van der Waals surface area contributed by atoms with Crippen molar-refractivity contribution in [2.75, 3.05) is 24.5 Å². The molecule has 2 unspecified atom stereocenters. The van der Waals surface area contributed by atoms with Gasteiger partial charge < -0.3 is 9.80 Å². The van der Waals surface area contributed by atoms with Gasteiger partial charge in [0.05, 0.1) is 0 Å². The number of aromatic nitrogens is 2. The van der Waals surface area contributed by atoms with E-state index in [2.05, 4.69) is 21.4 Å². The summed E-state index contributed by atoms with van der Waals surface area (Å²) in [5, 5.41) is 0. The van der Waals surface area contributed by atoms with E-state index < -0.39 is 0 Å². The van der Waals surface area contributed by atoms with Gasteiger partial charge in [-0.25, -0.2) is 14.4 Å². The Morgan fingerprint density at radius 2 is 1.85 bits per heavy atom. The number of hydrogen-bond donors (Lipinski definition) is 0. The molecular weight excluding hydrogens is 343 g/mol. The quantitative estimate of drug-likeness (QED) is 0.602. The van der Waals surface area contributed by atoms with E-state index in [1.807, 2.05) is 24.8 Å². The number of halogens is 1. The van der Waals surface area contributed by atoms with E-state index in [4.69, 9.17) is 0 Å². The number of anilines is 1. The molecule has 1 saturated carbocycles. The Hall–Kier alpha value is -2.24. The Labute approximate surface area is 160 Å². The Bertz CT molecular complexity index is 805. The molecule has 4 rings (SSSR count). The van der Waals surface area contributed by atoms with Crippen LogP contribution in [0.2, 0.25) is 0 Å². The summed E-state index contributed by atoms with van der Waals surface area (Å²) in [7, 11) is 0. The first-order chi connectivity index (χ1) is 12.8. The molecule has 1 aromatic rings. The summed E-state index contributed by atoms with van der Waals surface area (Å²) in [5.74, 6) is 0.942. The number of nitrogens with zero attached hydrogens (tertiary/aromatic N) is 4. The lowest BCUT2D eigenvalue weighted by molar-refractivity contribution is -0.128. The van der Waals surface area contributed by atoms with Gasteiger partial charge in [-0.3, -0.25) is 4.79 Å². The molecule has 3 heterocycles. The van der Waals surface area contributed by atoms with Gasteiger partial charge in [0, 0.05) is 42.6 Å². The van der Waals surface area contributed by atoms with Crippen molar-refractivity contribution in [2.45, 2.75) is 46.1 Å². The molecule has 5 nitrogen and oxygen atoms in total. The summed E-state index contributed by atoms with van der Waals surface area (Å²) < 4.78 is 14.0. The van der Waals surface area contributed by atoms with Crippen molar-refractivity contribution in [3.8, 4) is 0 Å². The highest BCUT2D eigenvalue weighted by Gasteiger charge is 2.42. The van der Waals surface area contributed by atoms with E-state index in [-0.39, 0.29) is 23.7 Å². The zero-order valence-electron chi connectivity index (χ0n) is 16.3. The standard InChI is InChI=1S/C21H27FN4O/c1-12-7-13(2)24-21(23-12)26-10-16-8-18(26)11-25(9-16)20(27)14(3)19(15(4)22)17-5-6-17/h7,16-18H,3,5-6,8-11H2,1-2,4H3/b19-15-. The van der Waals surface area contributed by atoms with Crippen LogP contribution in [0.5, 0.6) is 0 Å². The third kappa shape index (κ3) is 3.49. The van der Waals surface area contributed by atoms with Crippen molar-refractivity contribution < 1.29 is 9.18 Å². The first-order valence-corrected chi connectivity index (χ1v) is 9.77. The highest BCUT2D eigenvalue weighted by molar-refractivity contribution is 5.97. The van der Waals surface area contributed by atoms with Crippen molar-refractivity contribution in [2.24, 2.45) is 11.8 Å². The largest absolute Gasteiger partial charge is 0.336 e. The lowest BCUT2D eigenvalue weighted by Gasteiger charge is -2.33. The lowest BCUT2D eigenvalue weighted by Crippen LogP contribution is -2.46. The SMILES string of the molecule is C=C(C(=O)N1CC2CC(C1)N(c1nc(C)cc(C)n1)C2)/C(=C(\C)F)C1CC1. The van der Waals surface area contributed by atoms with E-state index in [1.165, 1.54) is 6.92 Å². The van der Waals surface area contributed by atoms with E-state index in [0.29, 0.717) is 30.2 Å². The zero-order valence-corrected chi connectivity index (χ0v) is 16.3. The van der Waals surface area contributed by atoms with Gasteiger partial charge in [-0.15, -0.1) is 0 Å². The second kappa shape index (κ2) is 6.73. The first kappa shape index (κ1) is 18.1. The molecule has 2 atom stereocenters. The highest BCUT2D eigenvalue weighted by Crippen LogP contribution is 2.42. The van der Waals surface area contributed by atoms with Gasteiger partial charge in [-0.05, 0) is 63.5 Å². The fraction of sp³-hybridized carbons (Fsp3) is 0.571. The number of hydrogen-bond acceptors (Lipinski definition) is 4. The Morgan fingerprint density at radius 3 is 2.44 bits per heavy atom. The molecule has 0 radical (unpaired) electrons. The molecule has 27 heavy (non-hydrogen) atoms. The normalized spacial score (nSPS) is 25.5. The lowest BCUT2D eigenvalue weighted by atomic mass is 9.96. The second-order valence-corrected chi connectivity index (χ2v) is 8.27. The molecular formula is C21H27FN4O. The summed E-state index contributed by atoms with van der Waals surface area (Å²) in [5.41, 5.74) is 2.79. The summed E-state index contributed by atoms with van der Waals surface area (Å²) in [6.45, 7) is 11.5. The summed E-state index contributed by atoms with van der Waals surface area (Å²) >= 11 is 0. The third-order valence-electron chi connectivity index (χ3n) is 5.87. The smallest absolute Gasteiger partial charge is 0.253 e. The number of likely N-dealkylation sites (tertiary alicyclic amines) is 1. The van der Waals surface area contributed by atoms with Crippen LogP contribution in [0.1, 0.15) is 37.6 Å². The van der Waals surface area contributed by atoms with Gasteiger partial charge in [-0.2, -0.15) is 0 Å². The molecule has 6 heteroatoms. The van der Waals surface area contributed by atoms with Gasteiger partial charge in [0.1, 0.15) is 5.83 Å². The molecule has 0 N–H and O–H groups in total. The number of carbonyl (C=O) groups is 1. The number of carbonyl (C=O) groups excluding carboxylic acids is 1. The van der Waals surface area contributed by atoms with Crippen LogP contribution >= 0.6 is 0 Å². The maximum atomic E-state index is 14.0. The van der Waals surface area contributed by atoms with Crippen molar-refractivity contribution in [3.05, 3.63) is 41.0 Å². The maximum absolute atomic E-state index is 14.0. The molecule has 0 spiro atoms. The van der Waals surface area contributed by atoms with E-state index >= 15 is 0 Å². The van der Waals surface area contributed by atoms with Gasteiger partial charge in [-0.1, -0.05) is 6.58 Å². The zero-order chi connectivity index (χ0) is 19.3. The number of allylic oxidation sites excluding steroid dienone is 1. The molecule has 144 valence electrons. The van der Waals surface area contributed by atoms with Crippen LogP contribution in [0.15, 0.2) is 29.6 Å². The molecule has 2 saturated heterocycles. The highest BCUT2D eigenvalue weighted by atomic mass is 19.1. The number of rotatable bonds is 4. The van der Waals surface area contributed by atoms with Crippen LogP contribution < -0.4 is 4.90 Å². The van der Waals surface area contributed by atoms with Gasteiger partial charge in [0.2, 0.25) is 5.95 Å². The van der Waals surface area contributed by atoms with E-state index in [0.717, 1.165) is 43.1 Å². The maximum Gasteiger partial charge on any atom is 0.253 e. The second-order valence-electron chi connectivity index (χ2n) is 8.27. The van der Waals surface area contributed by atoms with Crippen LogP contribution in [0.4, 0.5) is 10.3 Å². The van der Waals surface area contributed by atoms with E-state index in [1.54, 1.807) is 0 Å². The topological polar surface area (TPSA) is 49.3 Å². The Morgan fingerprint density at radius 1 is 1.19 bits per heavy atom. The molecule has 2 aliphatic heterocycles. The third-order valence-corrected chi connectivity index (χ3v) is 5.87. The Balaban J connectivity index is 1.51. The van der Waals surface area contributed by atoms with Crippen LogP contribution in [0.3, 0.4) is 0 Å². The van der Waals surface area contributed by atoms with Crippen molar-refractivity contribution in [3.63, 3.8) is 0 Å². The molecule has 0 aromatic carbocycles. The van der Waals surface area contributed by atoms with Gasteiger partial charge >= 0.3 is 0 Å². The molecule has 3 fully saturated rings. The minimum Gasteiger partial charge on any atom is -0.336 e. The minimum absolute atomic E-state index is 0.119. The van der Waals surface area contributed by atoms with Crippen LogP contribution in [-0.4, -0.2) is 46.5 Å². The summed E-state index contributed by atoms with van der Waals surface area (Å²) in [6, 6.07) is 2.18. The summed E-state index contributed by atoms with van der Waals surface area (Å²) in [4.78, 5) is 26.3. The molecule has 1 amide bonds. The summed E-state index contributed by atoms with van der Waals surface area (Å²) in [6.07, 6.45) is 2.94. The van der Waals surface area contributed by atoms with Crippen molar-refractivity contribution in [1.29, 1.82) is 0 Å². The van der Waals surface area contributed by atoms with Crippen molar-refractivity contribution in [1.82, 2.24) is 14.9 Å². The fourth-order valence-corrected chi connectivity index (χ4v) is 4.62.